The lowest BCUT2D eigenvalue weighted by Gasteiger charge is -2.36. The minimum absolute atomic E-state index is 0.214. The van der Waals surface area contributed by atoms with Gasteiger partial charge >= 0.3 is 0 Å². The van der Waals surface area contributed by atoms with Crippen molar-refractivity contribution >= 4 is 23.4 Å². The first-order valence-corrected chi connectivity index (χ1v) is 10.9. The maximum atomic E-state index is 12.7. The SMILES string of the molecule is O=C(CSc1nnc(C2CC2)n1C1CC1)N1CCN(c2ccccc2)CC1. The second kappa shape index (κ2) is 7.19. The molecule has 1 aliphatic heterocycles. The average molecular weight is 384 g/mol. The van der Waals surface area contributed by atoms with Crippen LogP contribution < -0.4 is 4.90 Å². The third-order valence-corrected chi connectivity index (χ3v) is 6.55. The second-order valence-electron chi connectivity index (χ2n) is 7.71. The van der Waals surface area contributed by atoms with E-state index in [9.17, 15) is 4.79 Å². The summed E-state index contributed by atoms with van der Waals surface area (Å²) in [6.07, 6.45) is 4.92. The van der Waals surface area contributed by atoms with Gasteiger partial charge in [0, 0.05) is 43.8 Å². The number of para-hydroxylation sites is 1. The van der Waals surface area contributed by atoms with E-state index in [0.29, 0.717) is 17.7 Å². The zero-order valence-corrected chi connectivity index (χ0v) is 16.3. The van der Waals surface area contributed by atoms with Crippen molar-refractivity contribution < 1.29 is 4.79 Å². The van der Waals surface area contributed by atoms with Crippen LogP contribution in [0.25, 0.3) is 0 Å². The van der Waals surface area contributed by atoms with E-state index in [2.05, 4.69) is 43.9 Å². The quantitative estimate of drug-likeness (QED) is 0.718. The van der Waals surface area contributed by atoms with Crippen molar-refractivity contribution in [3.63, 3.8) is 0 Å². The summed E-state index contributed by atoms with van der Waals surface area (Å²) >= 11 is 1.56. The fourth-order valence-corrected chi connectivity index (χ4v) is 4.67. The summed E-state index contributed by atoms with van der Waals surface area (Å²) in [7, 11) is 0. The number of anilines is 1. The Hall–Kier alpha value is -2.02. The molecule has 2 aliphatic carbocycles. The molecule has 0 N–H and O–H groups in total. The number of amides is 1. The number of nitrogens with zero attached hydrogens (tertiary/aromatic N) is 5. The smallest absolute Gasteiger partial charge is 0.233 e. The molecule has 2 aromatic rings. The molecule has 0 bridgehead atoms. The van der Waals surface area contributed by atoms with Gasteiger partial charge in [-0.25, -0.2) is 0 Å². The maximum absolute atomic E-state index is 12.7. The van der Waals surface area contributed by atoms with Crippen LogP contribution in [0.1, 0.15) is 43.5 Å². The molecule has 1 amide bonds. The van der Waals surface area contributed by atoms with E-state index >= 15 is 0 Å². The molecule has 5 rings (SSSR count). The van der Waals surface area contributed by atoms with E-state index in [1.54, 1.807) is 11.8 Å². The molecule has 0 radical (unpaired) electrons. The molecular formula is C20H25N5OS. The van der Waals surface area contributed by atoms with Crippen LogP contribution in [0.5, 0.6) is 0 Å². The molecule has 2 saturated carbocycles. The van der Waals surface area contributed by atoms with Crippen molar-refractivity contribution in [2.24, 2.45) is 0 Å². The molecule has 2 heterocycles. The topological polar surface area (TPSA) is 54.3 Å². The maximum Gasteiger partial charge on any atom is 0.233 e. The van der Waals surface area contributed by atoms with Crippen LogP contribution in [0.4, 0.5) is 5.69 Å². The van der Waals surface area contributed by atoms with Crippen LogP contribution in [0.2, 0.25) is 0 Å². The molecule has 6 nitrogen and oxygen atoms in total. The van der Waals surface area contributed by atoms with E-state index in [1.165, 1.54) is 31.4 Å². The Bertz CT molecular complexity index is 807. The molecule has 3 fully saturated rings. The van der Waals surface area contributed by atoms with Gasteiger partial charge in [0.1, 0.15) is 5.82 Å². The van der Waals surface area contributed by atoms with Crippen molar-refractivity contribution in [1.82, 2.24) is 19.7 Å². The van der Waals surface area contributed by atoms with E-state index < -0.39 is 0 Å². The number of rotatable bonds is 6. The van der Waals surface area contributed by atoms with Gasteiger partial charge < -0.3 is 14.4 Å². The highest BCUT2D eigenvalue weighted by atomic mass is 32.2. The highest BCUT2D eigenvalue weighted by Gasteiger charge is 2.36. The van der Waals surface area contributed by atoms with Gasteiger partial charge in [-0.15, -0.1) is 10.2 Å². The van der Waals surface area contributed by atoms with E-state index in [-0.39, 0.29) is 5.91 Å². The minimum atomic E-state index is 0.214. The largest absolute Gasteiger partial charge is 0.368 e. The summed E-state index contributed by atoms with van der Waals surface area (Å²) in [5, 5.41) is 9.78. The van der Waals surface area contributed by atoms with Crippen molar-refractivity contribution in [2.75, 3.05) is 36.8 Å². The van der Waals surface area contributed by atoms with E-state index in [4.69, 9.17) is 0 Å². The van der Waals surface area contributed by atoms with Crippen LogP contribution in [0, 0.1) is 0 Å². The van der Waals surface area contributed by atoms with E-state index in [0.717, 1.165) is 37.2 Å². The van der Waals surface area contributed by atoms with Crippen molar-refractivity contribution in [3.8, 4) is 0 Å². The highest BCUT2D eigenvalue weighted by Crippen LogP contribution is 2.46. The predicted molar refractivity (Wildman–Crippen MR) is 106 cm³/mol. The number of thioether (sulfide) groups is 1. The van der Waals surface area contributed by atoms with Gasteiger partial charge in [0.25, 0.3) is 0 Å². The van der Waals surface area contributed by atoms with Gasteiger partial charge in [0.15, 0.2) is 5.16 Å². The van der Waals surface area contributed by atoms with Gasteiger partial charge in [0.05, 0.1) is 5.75 Å². The van der Waals surface area contributed by atoms with Crippen LogP contribution in [0.15, 0.2) is 35.5 Å². The predicted octanol–water partition coefficient (Wildman–Crippen LogP) is 2.93. The van der Waals surface area contributed by atoms with Crippen LogP contribution in [0.3, 0.4) is 0 Å². The van der Waals surface area contributed by atoms with E-state index in [1.807, 2.05) is 11.0 Å². The summed E-state index contributed by atoms with van der Waals surface area (Å²) in [5.74, 6) is 2.44. The Balaban J connectivity index is 1.16. The van der Waals surface area contributed by atoms with Gasteiger partial charge in [-0.1, -0.05) is 30.0 Å². The Kier molecular flexibility index (Phi) is 4.55. The first-order valence-electron chi connectivity index (χ1n) is 9.95. The van der Waals surface area contributed by atoms with Crippen molar-refractivity contribution in [1.29, 1.82) is 0 Å². The van der Waals surface area contributed by atoms with Gasteiger partial charge in [-0.05, 0) is 37.8 Å². The normalized spacial score (nSPS) is 20.1. The Morgan fingerprint density at radius 1 is 1.00 bits per heavy atom. The fourth-order valence-electron chi connectivity index (χ4n) is 3.75. The molecule has 142 valence electrons. The molecule has 3 aliphatic rings. The molecule has 1 aromatic heterocycles. The number of benzene rings is 1. The van der Waals surface area contributed by atoms with Crippen molar-refractivity contribution in [2.45, 2.75) is 42.8 Å². The fraction of sp³-hybridized carbons (Fsp3) is 0.550. The summed E-state index contributed by atoms with van der Waals surface area (Å²) in [6, 6.07) is 11.0. The lowest BCUT2D eigenvalue weighted by molar-refractivity contribution is -0.128. The van der Waals surface area contributed by atoms with Crippen molar-refractivity contribution in [3.05, 3.63) is 36.2 Å². The number of hydrogen-bond acceptors (Lipinski definition) is 5. The molecular weight excluding hydrogens is 358 g/mol. The zero-order valence-electron chi connectivity index (χ0n) is 15.5. The first-order chi connectivity index (χ1) is 13.3. The second-order valence-corrected chi connectivity index (χ2v) is 8.65. The number of aromatic nitrogens is 3. The summed E-state index contributed by atoms with van der Waals surface area (Å²) in [6.45, 7) is 3.36. The molecule has 7 heteroatoms. The zero-order chi connectivity index (χ0) is 18.2. The number of hydrogen-bond donors (Lipinski definition) is 0. The van der Waals surface area contributed by atoms with Gasteiger partial charge in [0.2, 0.25) is 5.91 Å². The van der Waals surface area contributed by atoms with Gasteiger partial charge in [-0.3, -0.25) is 4.79 Å². The molecule has 27 heavy (non-hydrogen) atoms. The Morgan fingerprint density at radius 3 is 2.41 bits per heavy atom. The lowest BCUT2D eigenvalue weighted by atomic mass is 10.2. The number of carbonyl (C=O) groups excluding carboxylic acids is 1. The van der Waals surface area contributed by atoms with Gasteiger partial charge in [-0.2, -0.15) is 0 Å². The monoisotopic (exact) mass is 383 g/mol. The molecule has 0 spiro atoms. The summed E-state index contributed by atoms with van der Waals surface area (Å²) in [4.78, 5) is 17.0. The lowest BCUT2D eigenvalue weighted by Crippen LogP contribution is -2.49. The Morgan fingerprint density at radius 2 is 1.74 bits per heavy atom. The summed E-state index contributed by atoms with van der Waals surface area (Å²) in [5.41, 5.74) is 1.24. The standard InChI is InChI=1S/C20H25N5OS/c26-18(24-12-10-23(11-13-24)16-4-2-1-3-5-16)14-27-20-22-21-19(15-6-7-15)25(20)17-8-9-17/h1-5,15,17H,6-14H2. The molecule has 1 aromatic carbocycles. The molecule has 1 saturated heterocycles. The third kappa shape index (κ3) is 3.70. The first kappa shape index (κ1) is 17.1. The third-order valence-electron chi connectivity index (χ3n) is 5.62. The Labute approximate surface area is 163 Å². The molecule has 0 unspecified atom stereocenters. The van der Waals surface area contributed by atoms with Crippen LogP contribution >= 0.6 is 11.8 Å². The number of carbonyl (C=O) groups is 1. The minimum Gasteiger partial charge on any atom is -0.368 e. The molecule has 0 atom stereocenters. The van der Waals surface area contributed by atoms with Crippen LogP contribution in [-0.4, -0.2) is 57.5 Å². The highest BCUT2D eigenvalue weighted by molar-refractivity contribution is 7.99. The summed E-state index contributed by atoms with van der Waals surface area (Å²) < 4.78 is 2.32. The van der Waals surface area contributed by atoms with Crippen LogP contribution in [-0.2, 0) is 4.79 Å². The average Bonchev–Trinajstić information content (AvgIpc) is 3.66. The number of piperazine rings is 1.